The highest BCUT2D eigenvalue weighted by atomic mass is 35.5. The maximum Gasteiger partial charge on any atom is 0.262 e. The number of anilines is 1. The number of imidazole rings is 1. The first-order chi connectivity index (χ1) is 8.22. The number of hydrogen-bond acceptors (Lipinski definition) is 3. The van der Waals surface area contributed by atoms with Crippen molar-refractivity contribution in [2.75, 3.05) is 11.9 Å². The number of nitrogens with one attached hydrogen (secondary N) is 2. The molecule has 0 fully saturated rings. The zero-order valence-electron chi connectivity index (χ0n) is 8.66. The predicted octanol–water partition coefficient (Wildman–Crippen LogP) is 2.06. The van der Waals surface area contributed by atoms with Crippen LogP contribution in [0.3, 0.4) is 0 Å². The van der Waals surface area contributed by atoms with Gasteiger partial charge in [0.15, 0.2) is 11.9 Å². The van der Waals surface area contributed by atoms with E-state index >= 15 is 0 Å². The van der Waals surface area contributed by atoms with Crippen LogP contribution in [-0.2, 0) is 4.79 Å². The summed E-state index contributed by atoms with van der Waals surface area (Å²) < 4.78 is 5.27. The van der Waals surface area contributed by atoms with E-state index in [1.807, 2.05) is 12.1 Å². The summed E-state index contributed by atoms with van der Waals surface area (Å²) in [6, 6.07) is 5.50. The van der Waals surface area contributed by atoms with Crippen LogP contribution >= 0.6 is 11.6 Å². The van der Waals surface area contributed by atoms with Crippen LogP contribution in [-0.4, -0.2) is 22.5 Å². The lowest BCUT2D eigenvalue weighted by Crippen LogP contribution is -2.25. The number of halogens is 1. The quantitative estimate of drug-likeness (QED) is 0.813. The third-order valence-corrected chi connectivity index (χ3v) is 2.66. The van der Waals surface area contributed by atoms with Crippen LogP contribution in [0.25, 0.3) is 11.3 Å². The molecule has 0 bridgehead atoms. The number of rotatable bonds is 1. The highest BCUT2D eigenvalue weighted by Crippen LogP contribution is 2.32. The van der Waals surface area contributed by atoms with Crippen LogP contribution in [0.2, 0.25) is 5.28 Å². The number of fused-ring (bicyclic) bond motifs is 1. The number of H-pyrrole nitrogens is 1. The number of amides is 1. The Hall–Kier alpha value is -2.01. The summed E-state index contributed by atoms with van der Waals surface area (Å²) >= 11 is 5.72. The average Bonchev–Trinajstić information content (AvgIpc) is 2.75. The van der Waals surface area contributed by atoms with Crippen molar-refractivity contribution in [3.63, 3.8) is 0 Å². The molecule has 3 rings (SSSR count). The summed E-state index contributed by atoms with van der Waals surface area (Å²) in [5.74, 6) is 0.510. The minimum Gasteiger partial charge on any atom is -0.482 e. The van der Waals surface area contributed by atoms with Gasteiger partial charge in [0.05, 0.1) is 17.6 Å². The minimum absolute atomic E-state index is 0.0578. The third kappa shape index (κ3) is 1.85. The van der Waals surface area contributed by atoms with E-state index in [4.69, 9.17) is 16.3 Å². The zero-order chi connectivity index (χ0) is 11.8. The normalized spacial score (nSPS) is 13.8. The second-order valence-electron chi connectivity index (χ2n) is 3.64. The largest absolute Gasteiger partial charge is 0.482 e. The summed E-state index contributed by atoms with van der Waals surface area (Å²) in [4.78, 5) is 18.0. The summed E-state index contributed by atoms with van der Waals surface area (Å²) in [5.41, 5.74) is 2.33. The number of hydrogen-bond donors (Lipinski definition) is 2. The van der Waals surface area contributed by atoms with Crippen LogP contribution in [0.1, 0.15) is 0 Å². The molecule has 5 nitrogen and oxygen atoms in total. The maximum absolute atomic E-state index is 11.2. The summed E-state index contributed by atoms with van der Waals surface area (Å²) in [5, 5.41) is 3.08. The average molecular weight is 250 g/mol. The monoisotopic (exact) mass is 249 g/mol. The Morgan fingerprint density at radius 3 is 3.06 bits per heavy atom. The summed E-state index contributed by atoms with van der Waals surface area (Å²) in [6.45, 7) is 0.0578. The van der Waals surface area contributed by atoms with Gasteiger partial charge in [0.1, 0.15) is 5.75 Å². The molecular formula is C11H8ClN3O2. The Morgan fingerprint density at radius 2 is 2.29 bits per heavy atom. The van der Waals surface area contributed by atoms with Gasteiger partial charge < -0.3 is 15.0 Å². The highest BCUT2D eigenvalue weighted by molar-refractivity contribution is 6.28. The van der Waals surface area contributed by atoms with Crippen molar-refractivity contribution in [2.24, 2.45) is 0 Å². The predicted molar refractivity (Wildman–Crippen MR) is 63.2 cm³/mol. The minimum atomic E-state index is -0.155. The second kappa shape index (κ2) is 3.78. The number of carbonyl (C=O) groups is 1. The molecule has 0 atom stereocenters. The smallest absolute Gasteiger partial charge is 0.262 e. The summed E-state index contributed by atoms with van der Waals surface area (Å²) in [7, 11) is 0. The Balaban J connectivity index is 2.03. The number of carbonyl (C=O) groups excluding carboxylic acids is 1. The molecule has 17 heavy (non-hydrogen) atoms. The molecule has 2 aromatic rings. The second-order valence-corrected chi connectivity index (χ2v) is 3.99. The molecule has 2 heterocycles. The third-order valence-electron chi connectivity index (χ3n) is 2.47. The Kier molecular flexibility index (Phi) is 2.26. The van der Waals surface area contributed by atoms with Crippen LogP contribution in [0, 0.1) is 0 Å². The van der Waals surface area contributed by atoms with Crippen LogP contribution in [0.15, 0.2) is 24.4 Å². The topological polar surface area (TPSA) is 67.0 Å². The van der Waals surface area contributed by atoms with E-state index in [1.165, 1.54) is 0 Å². The molecule has 0 saturated carbocycles. The highest BCUT2D eigenvalue weighted by Gasteiger charge is 2.16. The van der Waals surface area contributed by atoms with E-state index in [0.717, 1.165) is 11.3 Å². The first-order valence-electron chi connectivity index (χ1n) is 5.00. The van der Waals surface area contributed by atoms with Crippen LogP contribution < -0.4 is 10.1 Å². The fourth-order valence-corrected chi connectivity index (χ4v) is 1.84. The van der Waals surface area contributed by atoms with Gasteiger partial charge >= 0.3 is 0 Å². The SMILES string of the molecule is O=C1COc2ccc(-c3cnc(Cl)[nH]3)cc2N1. The van der Waals surface area contributed by atoms with E-state index in [9.17, 15) is 4.79 Å². The first-order valence-corrected chi connectivity index (χ1v) is 5.38. The van der Waals surface area contributed by atoms with Gasteiger partial charge in [0, 0.05) is 5.56 Å². The standard InChI is InChI=1S/C11H8ClN3O2/c12-11-13-4-8(15-11)6-1-2-9-7(3-6)14-10(16)5-17-9/h1-4H,5H2,(H,13,15)(H,14,16). The molecule has 1 aromatic heterocycles. The molecule has 0 unspecified atom stereocenters. The van der Waals surface area contributed by atoms with Gasteiger partial charge in [-0.1, -0.05) is 0 Å². The molecule has 0 radical (unpaired) electrons. The van der Waals surface area contributed by atoms with E-state index in [-0.39, 0.29) is 12.5 Å². The summed E-state index contributed by atoms with van der Waals surface area (Å²) in [6.07, 6.45) is 1.63. The lowest BCUT2D eigenvalue weighted by Gasteiger charge is -2.18. The molecule has 1 aliphatic rings. The zero-order valence-corrected chi connectivity index (χ0v) is 9.41. The molecule has 1 aliphatic heterocycles. The lowest BCUT2D eigenvalue weighted by molar-refractivity contribution is -0.118. The van der Waals surface area contributed by atoms with E-state index in [1.54, 1.807) is 12.3 Å². The van der Waals surface area contributed by atoms with Gasteiger partial charge in [0.2, 0.25) is 0 Å². The molecule has 0 spiro atoms. The fourth-order valence-electron chi connectivity index (χ4n) is 1.69. The van der Waals surface area contributed by atoms with E-state index in [0.29, 0.717) is 16.7 Å². The molecule has 6 heteroatoms. The number of aromatic nitrogens is 2. The van der Waals surface area contributed by atoms with Gasteiger partial charge in [-0.15, -0.1) is 0 Å². The number of ether oxygens (including phenoxy) is 1. The van der Waals surface area contributed by atoms with E-state index in [2.05, 4.69) is 15.3 Å². The molecular weight excluding hydrogens is 242 g/mol. The first kappa shape index (κ1) is 10.2. The van der Waals surface area contributed by atoms with Crippen molar-refractivity contribution >= 4 is 23.2 Å². The van der Waals surface area contributed by atoms with Gasteiger partial charge in [-0.2, -0.15) is 0 Å². The van der Waals surface area contributed by atoms with Crippen molar-refractivity contribution in [3.8, 4) is 17.0 Å². The Morgan fingerprint density at radius 1 is 1.41 bits per heavy atom. The number of nitrogens with zero attached hydrogens (tertiary/aromatic N) is 1. The maximum atomic E-state index is 11.2. The van der Waals surface area contributed by atoms with Crippen LogP contribution in [0.4, 0.5) is 5.69 Å². The number of benzene rings is 1. The van der Waals surface area contributed by atoms with E-state index < -0.39 is 0 Å². The molecule has 1 aromatic carbocycles. The van der Waals surface area contributed by atoms with Gasteiger partial charge in [-0.25, -0.2) is 4.98 Å². The fraction of sp³-hybridized carbons (Fsp3) is 0.0909. The van der Waals surface area contributed by atoms with Crippen molar-refractivity contribution in [1.29, 1.82) is 0 Å². The van der Waals surface area contributed by atoms with Crippen molar-refractivity contribution in [1.82, 2.24) is 9.97 Å². The van der Waals surface area contributed by atoms with Crippen LogP contribution in [0.5, 0.6) is 5.75 Å². The molecule has 0 saturated heterocycles. The van der Waals surface area contributed by atoms with Crippen molar-refractivity contribution in [2.45, 2.75) is 0 Å². The lowest BCUT2D eigenvalue weighted by atomic mass is 10.1. The molecule has 2 N–H and O–H groups in total. The molecule has 1 amide bonds. The van der Waals surface area contributed by atoms with Crippen molar-refractivity contribution in [3.05, 3.63) is 29.7 Å². The van der Waals surface area contributed by atoms with Crippen molar-refractivity contribution < 1.29 is 9.53 Å². The van der Waals surface area contributed by atoms with Gasteiger partial charge in [-0.05, 0) is 29.8 Å². The molecule has 86 valence electrons. The molecule has 0 aliphatic carbocycles. The number of aromatic amines is 1. The Labute approximate surface area is 102 Å². The van der Waals surface area contributed by atoms with Gasteiger partial charge in [-0.3, -0.25) is 4.79 Å². The Bertz CT molecular complexity index is 594. The van der Waals surface area contributed by atoms with Gasteiger partial charge in [0.25, 0.3) is 5.91 Å².